The molecular formula is C10H8F2N2O2. The molecular weight excluding hydrogens is 218 g/mol. The summed E-state index contributed by atoms with van der Waals surface area (Å²) in [7, 11) is 0. The van der Waals surface area contributed by atoms with Crippen molar-refractivity contribution in [3.05, 3.63) is 29.8 Å². The number of carbonyl (C=O) groups is 2. The van der Waals surface area contributed by atoms with Gasteiger partial charge in [-0.3, -0.25) is 4.79 Å². The fourth-order valence-corrected chi connectivity index (χ4v) is 1.50. The number of hydrogen-bond donors (Lipinski definition) is 1. The lowest BCUT2D eigenvalue weighted by Gasteiger charge is -2.13. The van der Waals surface area contributed by atoms with E-state index in [4.69, 9.17) is 0 Å². The molecule has 1 atom stereocenters. The van der Waals surface area contributed by atoms with Crippen LogP contribution in [0.1, 0.15) is 6.92 Å². The summed E-state index contributed by atoms with van der Waals surface area (Å²) in [6.45, 7) is 1.49. The van der Waals surface area contributed by atoms with E-state index in [-0.39, 0.29) is 5.69 Å². The molecule has 0 bridgehead atoms. The van der Waals surface area contributed by atoms with Crippen molar-refractivity contribution in [3.8, 4) is 0 Å². The first-order valence-corrected chi connectivity index (χ1v) is 4.60. The fraction of sp³-hybridized carbons (Fsp3) is 0.200. The van der Waals surface area contributed by atoms with Crippen molar-refractivity contribution < 1.29 is 18.4 Å². The normalized spacial score (nSPS) is 20.2. The lowest BCUT2D eigenvalue weighted by Crippen LogP contribution is -2.31. The monoisotopic (exact) mass is 226 g/mol. The number of halogens is 2. The first kappa shape index (κ1) is 10.5. The van der Waals surface area contributed by atoms with Gasteiger partial charge in [0.25, 0.3) is 5.91 Å². The van der Waals surface area contributed by atoms with Crippen molar-refractivity contribution in [1.29, 1.82) is 0 Å². The van der Waals surface area contributed by atoms with Crippen molar-refractivity contribution in [2.45, 2.75) is 13.0 Å². The second-order valence-electron chi connectivity index (χ2n) is 3.44. The van der Waals surface area contributed by atoms with Crippen LogP contribution in [0.2, 0.25) is 0 Å². The van der Waals surface area contributed by atoms with Gasteiger partial charge >= 0.3 is 6.03 Å². The highest BCUT2D eigenvalue weighted by Crippen LogP contribution is 2.23. The molecule has 6 heteroatoms. The molecule has 0 aliphatic carbocycles. The largest absolute Gasteiger partial charge is 0.329 e. The van der Waals surface area contributed by atoms with Gasteiger partial charge in [-0.2, -0.15) is 0 Å². The summed E-state index contributed by atoms with van der Waals surface area (Å²) >= 11 is 0. The van der Waals surface area contributed by atoms with E-state index >= 15 is 0 Å². The molecule has 16 heavy (non-hydrogen) atoms. The number of anilines is 1. The average Bonchev–Trinajstić information content (AvgIpc) is 2.43. The summed E-state index contributed by atoms with van der Waals surface area (Å²) < 4.78 is 26.0. The highest BCUT2D eigenvalue weighted by molar-refractivity contribution is 6.21. The zero-order valence-electron chi connectivity index (χ0n) is 8.33. The van der Waals surface area contributed by atoms with Crippen LogP contribution >= 0.6 is 0 Å². The topological polar surface area (TPSA) is 49.4 Å². The lowest BCUT2D eigenvalue weighted by atomic mass is 10.2. The van der Waals surface area contributed by atoms with Gasteiger partial charge in [0.1, 0.15) is 17.7 Å². The summed E-state index contributed by atoms with van der Waals surface area (Å²) in [6.07, 6.45) is 0. The highest BCUT2D eigenvalue weighted by Gasteiger charge is 2.37. The SMILES string of the molecule is CC1NC(=O)N(c2ccc(F)cc2F)C1=O. The minimum Gasteiger partial charge on any atom is -0.326 e. The molecule has 1 aliphatic heterocycles. The number of amides is 3. The molecule has 0 aromatic heterocycles. The number of rotatable bonds is 1. The van der Waals surface area contributed by atoms with Crippen LogP contribution in [0.3, 0.4) is 0 Å². The van der Waals surface area contributed by atoms with E-state index < -0.39 is 29.6 Å². The molecule has 1 aromatic carbocycles. The Morgan fingerprint density at radius 1 is 1.31 bits per heavy atom. The first-order chi connectivity index (χ1) is 7.50. The van der Waals surface area contributed by atoms with Crippen molar-refractivity contribution in [3.63, 3.8) is 0 Å². The van der Waals surface area contributed by atoms with Gasteiger partial charge in [-0.1, -0.05) is 0 Å². The molecule has 1 unspecified atom stereocenters. The van der Waals surface area contributed by atoms with Crippen LogP contribution in [0.25, 0.3) is 0 Å². The summed E-state index contributed by atoms with van der Waals surface area (Å²) in [5.41, 5.74) is -0.242. The molecule has 1 saturated heterocycles. The van der Waals surface area contributed by atoms with Gasteiger partial charge in [-0.25, -0.2) is 18.5 Å². The zero-order valence-corrected chi connectivity index (χ0v) is 8.33. The first-order valence-electron chi connectivity index (χ1n) is 4.60. The van der Waals surface area contributed by atoms with E-state index in [1.807, 2.05) is 0 Å². The Morgan fingerprint density at radius 2 is 2.00 bits per heavy atom. The number of urea groups is 1. The van der Waals surface area contributed by atoms with Crippen molar-refractivity contribution in [2.24, 2.45) is 0 Å². The van der Waals surface area contributed by atoms with E-state index in [1.54, 1.807) is 0 Å². The van der Waals surface area contributed by atoms with Gasteiger partial charge < -0.3 is 5.32 Å². The molecule has 0 saturated carbocycles. The van der Waals surface area contributed by atoms with E-state index in [2.05, 4.69) is 5.32 Å². The maximum Gasteiger partial charge on any atom is 0.329 e. The van der Waals surface area contributed by atoms with Crippen LogP contribution in [0.5, 0.6) is 0 Å². The van der Waals surface area contributed by atoms with Crippen LogP contribution < -0.4 is 10.2 Å². The fourth-order valence-electron chi connectivity index (χ4n) is 1.50. The number of hydrogen-bond acceptors (Lipinski definition) is 2. The summed E-state index contributed by atoms with van der Waals surface area (Å²) in [5.74, 6) is -2.27. The van der Waals surface area contributed by atoms with Crippen LogP contribution in [-0.4, -0.2) is 18.0 Å². The van der Waals surface area contributed by atoms with Crippen LogP contribution in [-0.2, 0) is 4.79 Å². The van der Waals surface area contributed by atoms with Crippen LogP contribution in [0, 0.1) is 11.6 Å². The standard InChI is InChI=1S/C10H8F2N2O2/c1-5-9(15)14(10(16)13-5)8-3-2-6(11)4-7(8)12/h2-5H,1H3,(H,13,16). The third-order valence-corrected chi connectivity index (χ3v) is 2.28. The molecule has 3 amide bonds. The van der Waals surface area contributed by atoms with Gasteiger partial charge in [-0.15, -0.1) is 0 Å². The number of nitrogens with zero attached hydrogens (tertiary/aromatic N) is 1. The Balaban J connectivity index is 2.45. The number of nitrogens with one attached hydrogen (secondary N) is 1. The Morgan fingerprint density at radius 3 is 2.50 bits per heavy atom. The van der Waals surface area contributed by atoms with Crippen LogP contribution in [0.15, 0.2) is 18.2 Å². The van der Waals surface area contributed by atoms with Crippen LogP contribution in [0.4, 0.5) is 19.3 Å². The molecule has 1 fully saturated rings. The number of carbonyl (C=O) groups excluding carboxylic acids is 2. The summed E-state index contributed by atoms with van der Waals surface area (Å²) in [5, 5.41) is 2.33. The molecule has 2 rings (SSSR count). The van der Waals surface area contributed by atoms with Crippen molar-refractivity contribution in [1.82, 2.24) is 5.32 Å². The Kier molecular flexibility index (Phi) is 2.34. The maximum atomic E-state index is 13.4. The van der Waals surface area contributed by atoms with Gasteiger partial charge in [0.2, 0.25) is 0 Å². The molecule has 4 nitrogen and oxygen atoms in total. The minimum atomic E-state index is -0.947. The molecule has 0 radical (unpaired) electrons. The summed E-state index contributed by atoms with van der Waals surface area (Å²) in [6, 6.07) is 1.26. The number of imide groups is 1. The maximum absolute atomic E-state index is 13.4. The van der Waals surface area contributed by atoms with Gasteiger partial charge in [-0.05, 0) is 19.1 Å². The molecule has 1 heterocycles. The molecule has 1 aromatic rings. The van der Waals surface area contributed by atoms with E-state index in [9.17, 15) is 18.4 Å². The molecule has 84 valence electrons. The Bertz CT molecular complexity index is 476. The quantitative estimate of drug-likeness (QED) is 0.736. The highest BCUT2D eigenvalue weighted by atomic mass is 19.1. The average molecular weight is 226 g/mol. The third-order valence-electron chi connectivity index (χ3n) is 2.28. The predicted molar refractivity (Wildman–Crippen MR) is 51.8 cm³/mol. The summed E-state index contributed by atoms with van der Waals surface area (Å²) in [4.78, 5) is 23.6. The second kappa shape index (κ2) is 3.55. The lowest BCUT2D eigenvalue weighted by molar-refractivity contribution is -0.118. The molecule has 1 N–H and O–H groups in total. The van der Waals surface area contributed by atoms with Crippen molar-refractivity contribution >= 4 is 17.6 Å². The Labute approximate surface area is 89.8 Å². The van der Waals surface area contributed by atoms with E-state index in [1.165, 1.54) is 6.92 Å². The molecule has 0 spiro atoms. The number of benzene rings is 1. The molecule has 1 aliphatic rings. The Hall–Kier alpha value is -1.98. The van der Waals surface area contributed by atoms with Gasteiger partial charge in [0.05, 0.1) is 5.69 Å². The minimum absolute atomic E-state index is 0.242. The van der Waals surface area contributed by atoms with E-state index in [0.29, 0.717) is 11.0 Å². The van der Waals surface area contributed by atoms with Gasteiger partial charge in [0, 0.05) is 6.07 Å². The predicted octanol–water partition coefficient (Wildman–Crippen LogP) is 1.41. The second-order valence-corrected chi connectivity index (χ2v) is 3.44. The smallest absolute Gasteiger partial charge is 0.326 e. The zero-order chi connectivity index (χ0) is 11.9. The van der Waals surface area contributed by atoms with E-state index in [0.717, 1.165) is 12.1 Å². The third kappa shape index (κ3) is 1.52. The van der Waals surface area contributed by atoms with Crippen molar-refractivity contribution in [2.75, 3.05) is 4.90 Å². The van der Waals surface area contributed by atoms with Gasteiger partial charge in [0.15, 0.2) is 0 Å².